The number of benzene rings is 1. The van der Waals surface area contributed by atoms with Crippen molar-refractivity contribution < 1.29 is 19.6 Å². The van der Waals surface area contributed by atoms with Gasteiger partial charge in [-0.3, -0.25) is 10.1 Å². The molecule has 0 fully saturated rings. The standard InChI is InChI=1S/C14H21N3O3/c1-10(9-20-3)16-12(11-7-5-4-6-8-11)13(18)17-14(19)15-2/h4-8,10,12,16H,9H2,1-3H3,(H2,15,17,18,19)/p+1/t10-,12-/m0/s1. The highest BCUT2D eigenvalue weighted by atomic mass is 16.5. The number of nitrogens with two attached hydrogens (primary N) is 1. The number of rotatable bonds is 6. The van der Waals surface area contributed by atoms with Gasteiger partial charge in [-0.2, -0.15) is 0 Å². The van der Waals surface area contributed by atoms with Gasteiger partial charge in [0.1, 0.15) is 6.04 Å². The summed E-state index contributed by atoms with van der Waals surface area (Å²) in [6.07, 6.45) is 0. The number of hydrogen-bond donors (Lipinski definition) is 3. The molecule has 0 aliphatic heterocycles. The van der Waals surface area contributed by atoms with Crippen molar-refractivity contribution in [2.45, 2.75) is 19.0 Å². The van der Waals surface area contributed by atoms with E-state index in [4.69, 9.17) is 4.74 Å². The predicted octanol–water partition coefficient (Wildman–Crippen LogP) is -0.218. The fourth-order valence-electron chi connectivity index (χ4n) is 1.91. The Bertz CT molecular complexity index is 437. The zero-order chi connectivity index (χ0) is 15.0. The maximum Gasteiger partial charge on any atom is 0.321 e. The first-order valence-electron chi connectivity index (χ1n) is 6.50. The zero-order valence-corrected chi connectivity index (χ0v) is 12.1. The molecule has 1 aromatic carbocycles. The average molecular weight is 280 g/mol. The Labute approximate surface area is 118 Å². The summed E-state index contributed by atoms with van der Waals surface area (Å²) in [6, 6.07) is 8.45. The van der Waals surface area contributed by atoms with Gasteiger partial charge < -0.3 is 15.4 Å². The molecule has 0 unspecified atom stereocenters. The maximum atomic E-state index is 12.2. The van der Waals surface area contributed by atoms with Gasteiger partial charge in [0, 0.05) is 19.7 Å². The number of urea groups is 1. The fraction of sp³-hybridized carbons (Fsp3) is 0.429. The number of hydrogen-bond acceptors (Lipinski definition) is 3. The molecule has 20 heavy (non-hydrogen) atoms. The minimum absolute atomic E-state index is 0.0978. The SMILES string of the molecule is CNC(=O)NC(=O)[C@@H]([NH2+][C@@H](C)COC)c1ccccc1. The van der Waals surface area contributed by atoms with E-state index < -0.39 is 12.1 Å². The smallest absolute Gasteiger partial charge is 0.321 e. The Morgan fingerprint density at radius 3 is 2.50 bits per heavy atom. The number of imide groups is 1. The Hall–Kier alpha value is -1.92. The first kappa shape index (κ1) is 16.1. The van der Waals surface area contributed by atoms with E-state index in [2.05, 4.69) is 10.6 Å². The van der Waals surface area contributed by atoms with Gasteiger partial charge in [0.25, 0.3) is 5.91 Å². The first-order valence-corrected chi connectivity index (χ1v) is 6.50. The van der Waals surface area contributed by atoms with Crippen LogP contribution in [0.4, 0.5) is 4.79 Å². The summed E-state index contributed by atoms with van der Waals surface area (Å²) in [4.78, 5) is 23.5. The van der Waals surface area contributed by atoms with Crippen LogP contribution in [-0.2, 0) is 9.53 Å². The molecule has 0 radical (unpaired) electrons. The third kappa shape index (κ3) is 4.99. The molecular weight excluding hydrogens is 258 g/mol. The molecule has 1 rings (SSSR count). The molecule has 110 valence electrons. The second-order valence-corrected chi connectivity index (χ2v) is 4.58. The molecule has 2 atom stereocenters. The van der Waals surface area contributed by atoms with Gasteiger partial charge in [0.05, 0.1) is 6.61 Å². The van der Waals surface area contributed by atoms with Crippen LogP contribution in [0.2, 0.25) is 0 Å². The van der Waals surface area contributed by atoms with Crippen molar-refractivity contribution in [3.8, 4) is 0 Å². The van der Waals surface area contributed by atoms with E-state index in [1.165, 1.54) is 7.05 Å². The molecule has 6 heteroatoms. The molecule has 0 aromatic heterocycles. The number of quaternary nitrogens is 1. The number of nitrogens with one attached hydrogen (secondary N) is 2. The highest BCUT2D eigenvalue weighted by molar-refractivity contribution is 5.96. The Kier molecular flexibility index (Phi) is 6.69. The molecule has 0 bridgehead atoms. The van der Waals surface area contributed by atoms with Crippen molar-refractivity contribution in [2.75, 3.05) is 20.8 Å². The lowest BCUT2D eigenvalue weighted by Crippen LogP contribution is -2.93. The lowest BCUT2D eigenvalue weighted by Gasteiger charge is -2.19. The molecule has 0 saturated heterocycles. The van der Waals surface area contributed by atoms with E-state index >= 15 is 0 Å². The van der Waals surface area contributed by atoms with Crippen molar-refractivity contribution >= 4 is 11.9 Å². The number of ether oxygens (including phenoxy) is 1. The van der Waals surface area contributed by atoms with Crippen LogP contribution >= 0.6 is 0 Å². The van der Waals surface area contributed by atoms with Crippen molar-refractivity contribution in [1.29, 1.82) is 0 Å². The molecule has 0 aliphatic carbocycles. The van der Waals surface area contributed by atoms with Crippen LogP contribution in [-0.4, -0.2) is 38.7 Å². The largest absolute Gasteiger partial charge is 0.379 e. The molecule has 6 nitrogen and oxygen atoms in total. The molecule has 0 heterocycles. The van der Waals surface area contributed by atoms with Crippen molar-refractivity contribution in [2.24, 2.45) is 0 Å². The van der Waals surface area contributed by atoms with Gasteiger partial charge in [0.15, 0.2) is 6.04 Å². The lowest BCUT2D eigenvalue weighted by atomic mass is 10.1. The summed E-state index contributed by atoms with van der Waals surface area (Å²) < 4.78 is 5.08. The maximum absolute atomic E-state index is 12.2. The van der Waals surface area contributed by atoms with E-state index in [0.717, 1.165) is 5.56 Å². The monoisotopic (exact) mass is 280 g/mol. The van der Waals surface area contributed by atoms with Gasteiger partial charge in [0.2, 0.25) is 0 Å². The summed E-state index contributed by atoms with van der Waals surface area (Å²) in [5, 5.41) is 6.57. The third-order valence-electron chi connectivity index (χ3n) is 2.86. The van der Waals surface area contributed by atoms with Gasteiger partial charge in [-0.15, -0.1) is 0 Å². The first-order chi connectivity index (χ1) is 9.58. The minimum atomic E-state index is -0.510. The van der Waals surface area contributed by atoms with Gasteiger partial charge in [-0.1, -0.05) is 30.3 Å². The average Bonchev–Trinajstić information content (AvgIpc) is 2.45. The number of carbonyl (C=O) groups is 2. The molecule has 0 saturated carbocycles. The normalized spacial score (nSPS) is 13.3. The van der Waals surface area contributed by atoms with E-state index in [1.54, 1.807) is 7.11 Å². The summed E-state index contributed by atoms with van der Waals surface area (Å²) in [7, 11) is 3.09. The van der Waals surface area contributed by atoms with Crippen molar-refractivity contribution in [1.82, 2.24) is 10.6 Å². The molecule has 4 N–H and O–H groups in total. The molecular formula is C14H22N3O3+. The van der Waals surface area contributed by atoms with Gasteiger partial charge >= 0.3 is 6.03 Å². The minimum Gasteiger partial charge on any atom is -0.379 e. The van der Waals surface area contributed by atoms with Crippen LogP contribution in [0.25, 0.3) is 0 Å². The van der Waals surface area contributed by atoms with Gasteiger partial charge in [-0.05, 0) is 6.92 Å². The predicted molar refractivity (Wildman–Crippen MR) is 75.0 cm³/mol. The van der Waals surface area contributed by atoms with Crippen molar-refractivity contribution in [3.05, 3.63) is 35.9 Å². The van der Waals surface area contributed by atoms with Crippen LogP contribution in [0.1, 0.15) is 18.5 Å². The van der Waals surface area contributed by atoms with Gasteiger partial charge in [-0.25, -0.2) is 4.79 Å². The Balaban J connectivity index is 2.84. The summed E-state index contributed by atoms with van der Waals surface area (Å²) >= 11 is 0. The van der Waals surface area contributed by atoms with Crippen LogP contribution in [0.3, 0.4) is 0 Å². The van der Waals surface area contributed by atoms with Crippen LogP contribution < -0.4 is 16.0 Å². The van der Waals surface area contributed by atoms with E-state index in [0.29, 0.717) is 6.61 Å². The number of methoxy groups -OCH3 is 1. The number of carbonyl (C=O) groups excluding carboxylic acids is 2. The summed E-state index contributed by atoms with van der Waals surface area (Å²) in [6.45, 7) is 2.49. The van der Waals surface area contributed by atoms with Crippen LogP contribution in [0, 0.1) is 0 Å². The quantitative estimate of drug-likeness (QED) is 0.673. The molecule has 1 aromatic rings. The summed E-state index contributed by atoms with van der Waals surface area (Å²) in [5.74, 6) is -0.349. The molecule has 3 amide bonds. The Morgan fingerprint density at radius 2 is 1.95 bits per heavy atom. The molecule has 0 aliphatic rings. The third-order valence-corrected chi connectivity index (χ3v) is 2.86. The zero-order valence-electron chi connectivity index (χ0n) is 12.1. The second kappa shape index (κ2) is 8.29. The Morgan fingerprint density at radius 1 is 1.30 bits per heavy atom. The van der Waals surface area contributed by atoms with Crippen LogP contribution in [0.15, 0.2) is 30.3 Å². The molecule has 0 spiro atoms. The van der Waals surface area contributed by atoms with Crippen LogP contribution in [0.5, 0.6) is 0 Å². The van der Waals surface area contributed by atoms with E-state index in [-0.39, 0.29) is 11.9 Å². The fourth-order valence-corrected chi connectivity index (χ4v) is 1.91. The highest BCUT2D eigenvalue weighted by Crippen LogP contribution is 2.08. The second-order valence-electron chi connectivity index (χ2n) is 4.58. The highest BCUT2D eigenvalue weighted by Gasteiger charge is 2.27. The van der Waals surface area contributed by atoms with E-state index in [1.807, 2.05) is 42.6 Å². The van der Waals surface area contributed by atoms with Crippen molar-refractivity contribution in [3.63, 3.8) is 0 Å². The summed E-state index contributed by atoms with van der Waals surface area (Å²) in [5.41, 5.74) is 0.844. The topological polar surface area (TPSA) is 84.0 Å². The lowest BCUT2D eigenvalue weighted by molar-refractivity contribution is -0.714. The number of amides is 3. The van der Waals surface area contributed by atoms with E-state index in [9.17, 15) is 9.59 Å².